The minimum absolute atomic E-state index is 0.0955. The van der Waals surface area contributed by atoms with Gasteiger partial charge in [0.25, 0.3) is 5.56 Å². The molecule has 9 heteroatoms. The summed E-state index contributed by atoms with van der Waals surface area (Å²) in [5.41, 5.74) is 2.74. The Hall–Kier alpha value is -2.55. The number of hydrogen-bond acceptors (Lipinski definition) is 4. The van der Waals surface area contributed by atoms with E-state index in [2.05, 4.69) is 0 Å². The van der Waals surface area contributed by atoms with Crippen molar-refractivity contribution in [2.45, 2.75) is 25.8 Å². The van der Waals surface area contributed by atoms with Crippen molar-refractivity contribution in [3.63, 3.8) is 0 Å². The number of fused-ring (bicyclic) bond motifs is 1. The Kier molecular flexibility index (Phi) is 4.19. The molecule has 1 saturated heterocycles. The molecule has 25 heavy (non-hydrogen) atoms. The van der Waals surface area contributed by atoms with Crippen LogP contribution in [0.4, 0.5) is 18.9 Å². The second-order valence-corrected chi connectivity index (χ2v) is 5.99. The zero-order valence-corrected chi connectivity index (χ0v) is 13.4. The maximum Gasteiger partial charge on any atom is 0.341 e. The van der Waals surface area contributed by atoms with E-state index >= 15 is 4.39 Å². The van der Waals surface area contributed by atoms with Crippen LogP contribution >= 0.6 is 0 Å². The smallest absolute Gasteiger partial charge is 0.341 e. The lowest BCUT2D eigenvalue weighted by atomic mass is 10.1. The number of aryl methyl sites for hydroxylation is 1. The van der Waals surface area contributed by atoms with Crippen molar-refractivity contribution in [1.29, 1.82) is 0 Å². The Morgan fingerprint density at radius 3 is 2.56 bits per heavy atom. The van der Waals surface area contributed by atoms with Crippen molar-refractivity contribution >= 4 is 17.2 Å². The van der Waals surface area contributed by atoms with Gasteiger partial charge in [-0.05, 0) is 24.5 Å². The van der Waals surface area contributed by atoms with Gasteiger partial charge in [0.1, 0.15) is 11.3 Å². The topological polar surface area (TPSA) is 88.0 Å². The molecule has 0 bridgehead atoms. The van der Waals surface area contributed by atoms with Gasteiger partial charge in [0, 0.05) is 19.1 Å². The van der Waals surface area contributed by atoms with Crippen LogP contribution < -0.4 is 16.2 Å². The summed E-state index contributed by atoms with van der Waals surface area (Å²) in [5.74, 6) is -5.84. The van der Waals surface area contributed by atoms with E-state index in [9.17, 15) is 18.4 Å². The Morgan fingerprint density at radius 1 is 1.36 bits per heavy atom. The summed E-state index contributed by atoms with van der Waals surface area (Å²) in [4.78, 5) is 24.7. The molecule has 134 valence electrons. The first kappa shape index (κ1) is 17.3. The second kappa shape index (κ2) is 6.07. The van der Waals surface area contributed by atoms with E-state index in [1.165, 1.54) is 4.90 Å². The zero-order chi connectivity index (χ0) is 18.5. The molecule has 0 saturated carbocycles. The zero-order valence-electron chi connectivity index (χ0n) is 13.4. The summed E-state index contributed by atoms with van der Waals surface area (Å²) in [6.07, 6.45) is 0.627. The molecule has 1 fully saturated rings. The molecular weight excluding hydrogens is 339 g/mol. The normalized spacial score (nSPS) is 17.5. The van der Waals surface area contributed by atoms with Gasteiger partial charge in [-0.2, -0.15) is 8.78 Å². The minimum atomic E-state index is -1.62. The Morgan fingerprint density at radius 2 is 2.04 bits per heavy atom. The fourth-order valence-electron chi connectivity index (χ4n) is 3.19. The van der Waals surface area contributed by atoms with Gasteiger partial charge in [-0.15, -0.1) is 0 Å². The fourth-order valence-corrected chi connectivity index (χ4v) is 3.19. The maximum absolute atomic E-state index is 15.1. The number of carboxylic acid groups (broad SMARTS) is 1. The maximum atomic E-state index is 15.1. The van der Waals surface area contributed by atoms with Gasteiger partial charge < -0.3 is 15.7 Å². The first-order valence-electron chi connectivity index (χ1n) is 7.76. The number of halogens is 3. The van der Waals surface area contributed by atoms with Crippen LogP contribution in [-0.2, 0) is 6.42 Å². The summed E-state index contributed by atoms with van der Waals surface area (Å²) in [6, 6.07) is 0.709. The number of hydrogen-bond donors (Lipinski definition) is 2. The summed E-state index contributed by atoms with van der Waals surface area (Å²) in [5, 5.41) is 9.09. The molecule has 0 spiro atoms. The largest absolute Gasteiger partial charge is 0.477 e. The van der Waals surface area contributed by atoms with E-state index in [1.807, 2.05) is 0 Å². The average molecular weight is 355 g/mol. The number of anilines is 1. The van der Waals surface area contributed by atoms with E-state index in [1.54, 1.807) is 6.92 Å². The molecule has 3 rings (SSSR count). The van der Waals surface area contributed by atoms with E-state index < -0.39 is 45.9 Å². The molecule has 0 aromatic carbocycles. The van der Waals surface area contributed by atoms with Crippen LogP contribution in [-0.4, -0.2) is 34.6 Å². The van der Waals surface area contributed by atoms with Crippen molar-refractivity contribution in [1.82, 2.24) is 4.40 Å². The van der Waals surface area contributed by atoms with Crippen LogP contribution in [0.5, 0.6) is 0 Å². The monoisotopic (exact) mass is 355 g/mol. The average Bonchev–Trinajstić information content (AvgIpc) is 2.98. The number of aromatic nitrogens is 1. The van der Waals surface area contributed by atoms with Gasteiger partial charge in [0.2, 0.25) is 11.8 Å². The first-order valence-corrected chi connectivity index (χ1v) is 7.76. The Labute approximate surface area is 140 Å². The van der Waals surface area contributed by atoms with Crippen molar-refractivity contribution in [2.24, 2.45) is 5.73 Å². The predicted molar refractivity (Wildman–Crippen MR) is 84.7 cm³/mol. The highest BCUT2D eigenvalue weighted by atomic mass is 19.2. The summed E-state index contributed by atoms with van der Waals surface area (Å²) in [7, 11) is 0. The first-order chi connectivity index (χ1) is 11.8. The molecule has 1 unspecified atom stereocenters. The quantitative estimate of drug-likeness (QED) is 0.815. The lowest BCUT2D eigenvalue weighted by Gasteiger charge is -2.22. The number of pyridine rings is 2. The third-order valence-corrected chi connectivity index (χ3v) is 4.43. The van der Waals surface area contributed by atoms with E-state index in [0.29, 0.717) is 6.42 Å². The molecule has 3 N–H and O–H groups in total. The van der Waals surface area contributed by atoms with Crippen LogP contribution in [0.1, 0.15) is 29.3 Å². The number of nitrogens with two attached hydrogens (primary N) is 1. The lowest BCUT2D eigenvalue weighted by molar-refractivity contribution is 0.0694. The molecule has 0 radical (unpaired) electrons. The molecule has 3 heterocycles. The van der Waals surface area contributed by atoms with Crippen LogP contribution in [0.3, 0.4) is 0 Å². The molecule has 2 aromatic rings. The summed E-state index contributed by atoms with van der Waals surface area (Å²) in [6.45, 7) is 2.00. The molecule has 1 aliphatic rings. The minimum Gasteiger partial charge on any atom is -0.477 e. The third-order valence-electron chi connectivity index (χ3n) is 4.43. The molecule has 2 aromatic heterocycles. The van der Waals surface area contributed by atoms with Gasteiger partial charge >= 0.3 is 5.97 Å². The van der Waals surface area contributed by atoms with Gasteiger partial charge in [-0.1, -0.05) is 6.92 Å². The van der Waals surface area contributed by atoms with Crippen LogP contribution in [0.2, 0.25) is 0 Å². The lowest BCUT2D eigenvalue weighted by Crippen LogP contribution is -2.31. The van der Waals surface area contributed by atoms with Gasteiger partial charge in [0.15, 0.2) is 5.82 Å². The highest BCUT2D eigenvalue weighted by molar-refractivity contribution is 5.88. The third kappa shape index (κ3) is 2.55. The van der Waals surface area contributed by atoms with E-state index in [4.69, 9.17) is 10.8 Å². The molecular formula is C16H16F3N3O3. The highest BCUT2D eigenvalue weighted by Crippen LogP contribution is 2.32. The van der Waals surface area contributed by atoms with Crippen molar-refractivity contribution < 1.29 is 23.1 Å². The number of carbonyl (C=O) groups is 1. The number of rotatable bonds is 3. The van der Waals surface area contributed by atoms with Crippen molar-refractivity contribution in [3.05, 3.63) is 45.1 Å². The van der Waals surface area contributed by atoms with Crippen molar-refractivity contribution in [3.8, 4) is 0 Å². The molecule has 1 aliphatic heterocycles. The summed E-state index contributed by atoms with van der Waals surface area (Å²) >= 11 is 0. The fraction of sp³-hybridized carbons (Fsp3) is 0.375. The van der Waals surface area contributed by atoms with Crippen molar-refractivity contribution in [2.75, 3.05) is 18.0 Å². The second-order valence-electron chi connectivity index (χ2n) is 5.99. The molecule has 6 nitrogen and oxygen atoms in total. The van der Waals surface area contributed by atoms with E-state index in [0.717, 1.165) is 6.07 Å². The predicted octanol–water partition coefficient (Wildman–Crippen LogP) is 1.51. The molecule has 0 aliphatic carbocycles. The molecule has 0 amide bonds. The number of nitrogens with zero attached hydrogens (tertiary/aromatic N) is 2. The van der Waals surface area contributed by atoms with Gasteiger partial charge in [0.05, 0.1) is 5.52 Å². The van der Waals surface area contributed by atoms with Crippen LogP contribution in [0.25, 0.3) is 5.52 Å². The Balaban J connectivity index is 2.43. The van der Waals surface area contributed by atoms with Gasteiger partial charge in [-0.25, -0.2) is 13.6 Å². The van der Waals surface area contributed by atoms with Crippen LogP contribution in [0, 0.1) is 17.6 Å². The SMILES string of the molecule is CCc1cc(C(=O)O)c(=O)n2c(F)c(F)c(N3CCC(N)C3)c(F)c12. The highest BCUT2D eigenvalue weighted by Gasteiger charge is 2.31. The number of carboxylic acids is 1. The van der Waals surface area contributed by atoms with Crippen LogP contribution in [0.15, 0.2) is 10.9 Å². The standard InChI is InChI=1S/C16H16F3N3O3/c1-2-7-5-9(16(24)25)15(23)22-12(7)10(17)13(11(18)14(22)19)21-4-3-8(20)6-21/h5,8H,2-4,6,20H2,1H3,(H,24,25). The van der Waals surface area contributed by atoms with Gasteiger partial charge in [-0.3, -0.25) is 4.79 Å². The molecule has 1 atom stereocenters. The number of aromatic carboxylic acids is 1. The Bertz CT molecular complexity index is 942. The summed E-state index contributed by atoms with van der Waals surface area (Å²) < 4.78 is 44.3. The van der Waals surface area contributed by atoms with E-state index in [-0.39, 0.29) is 35.5 Å².